The number of nitrogens with two attached hydrogens (primary N) is 1. The summed E-state index contributed by atoms with van der Waals surface area (Å²) in [6.07, 6.45) is 2.26. The first-order valence-electron chi connectivity index (χ1n) is 8.00. The SMILES string of the molecule is NC(=O)[C@@H]1CCN(C(=O)COc2ccc(Oc3ccccn3)cc2)C1. The number of aromatic nitrogens is 1. The lowest BCUT2D eigenvalue weighted by Gasteiger charge is -2.16. The Hall–Kier alpha value is -3.09. The number of amides is 2. The van der Waals surface area contributed by atoms with Crippen molar-refractivity contribution in [2.24, 2.45) is 11.7 Å². The standard InChI is InChI=1S/C18H19N3O4/c19-18(23)13-8-10-21(11-13)17(22)12-24-14-4-6-15(7-5-14)25-16-3-1-2-9-20-16/h1-7,9,13H,8,10-12H2,(H2,19,23)/t13-/m1/s1. The van der Waals surface area contributed by atoms with E-state index in [1.807, 2.05) is 12.1 Å². The normalized spacial score (nSPS) is 16.5. The zero-order valence-corrected chi connectivity index (χ0v) is 13.6. The first kappa shape index (κ1) is 16.8. The number of benzene rings is 1. The maximum absolute atomic E-state index is 12.1. The molecule has 3 rings (SSSR count). The lowest BCUT2D eigenvalue weighted by Crippen LogP contribution is -2.34. The van der Waals surface area contributed by atoms with Crippen LogP contribution in [-0.2, 0) is 9.59 Å². The van der Waals surface area contributed by atoms with Gasteiger partial charge in [-0.3, -0.25) is 9.59 Å². The van der Waals surface area contributed by atoms with Crippen LogP contribution in [0, 0.1) is 5.92 Å². The Kier molecular flexibility index (Phi) is 5.13. The van der Waals surface area contributed by atoms with E-state index in [0.29, 0.717) is 36.9 Å². The molecular formula is C18H19N3O4. The molecule has 1 atom stereocenters. The topological polar surface area (TPSA) is 94.8 Å². The van der Waals surface area contributed by atoms with Crippen molar-refractivity contribution >= 4 is 11.8 Å². The smallest absolute Gasteiger partial charge is 0.260 e. The van der Waals surface area contributed by atoms with Crippen LogP contribution in [0.4, 0.5) is 0 Å². The number of likely N-dealkylation sites (tertiary alicyclic amines) is 1. The quantitative estimate of drug-likeness (QED) is 0.861. The molecule has 130 valence electrons. The molecule has 0 unspecified atom stereocenters. The molecule has 7 nitrogen and oxygen atoms in total. The van der Waals surface area contributed by atoms with Gasteiger partial charge < -0.3 is 20.1 Å². The Bertz CT molecular complexity index is 734. The summed E-state index contributed by atoms with van der Waals surface area (Å²) in [6, 6.07) is 12.3. The molecule has 1 saturated heterocycles. The van der Waals surface area contributed by atoms with Gasteiger partial charge in [0.25, 0.3) is 5.91 Å². The van der Waals surface area contributed by atoms with E-state index in [4.69, 9.17) is 15.2 Å². The molecule has 0 aliphatic carbocycles. The summed E-state index contributed by atoms with van der Waals surface area (Å²) in [7, 11) is 0. The monoisotopic (exact) mass is 341 g/mol. The minimum atomic E-state index is -0.361. The molecule has 2 amide bonds. The van der Waals surface area contributed by atoms with E-state index in [0.717, 1.165) is 0 Å². The molecule has 1 aliphatic rings. The summed E-state index contributed by atoms with van der Waals surface area (Å²) in [4.78, 5) is 28.9. The maximum Gasteiger partial charge on any atom is 0.260 e. The third-order valence-electron chi connectivity index (χ3n) is 3.99. The number of hydrogen-bond acceptors (Lipinski definition) is 5. The highest BCUT2D eigenvalue weighted by molar-refractivity contribution is 5.81. The lowest BCUT2D eigenvalue weighted by atomic mass is 10.1. The maximum atomic E-state index is 12.1. The van der Waals surface area contributed by atoms with Crippen molar-refractivity contribution in [2.45, 2.75) is 6.42 Å². The minimum absolute atomic E-state index is 0.0775. The van der Waals surface area contributed by atoms with Gasteiger partial charge in [-0.1, -0.05) is 6.07 Å². The number of carbonyl (C=O) groups is 2. The molecule has 7 heteroatoms. The highest BCUT2D eigenvalue weighted by Gasteiger charge is 2.29. The number of pyridine rings is 1. The van der Waals surface area contributed by atoms with Crippen LogP contribution >= 0.6 is 0 Å². The van der Waals surface area contributed by atoms with E-state index in [1.165, 1.54) is 0 Å². The Balaban J connectivity index is 1.49. The van der Waals surface area contributed by atoms with Crippen LogP contribution in [0.2, 0.25) is 0 Å². The Labute approximate surface area is 145 Å². The molecule has 1 aromatic carbocycles. The zero-order chi connectivity index (χ0) is 17.6. The van der Waals surface area contributed by atoms with Gasteiger partial charge in [-0.05, 0) is 36.8 Å². The Morgan fingerprint density at radius 1 is 1.16 bits per heavy atom. The summed E-state index contributed by atoms with van der Waals surface area (Å²) in [5.74, 6) is 0.919. The summed E-state index contributed by atoms with van der Waals surface area (Å²) in [5, 5.41) is 0. The summed E-state index contributed by atoms with van der Waals surface area (Å²) >= 11 is 0. The second-order valence-electron chi connectivity index (χ2n) is 5.76. The van der Waals surface area contributed by atoms with E-state index >= 15 is 0 Å². The molecule has 1 aliphatic heterocycles. The van der Waals surface area contributed by atoms with Gasteiger partial charge in [0.05, 0.1) is 5.92 Å². The largest absolute Gasteiger partial charge is 0.484 e. The average Bonchev–Trinajstić information content (AvgIpc) is 3.12. The van der Waals surface area contributed by atoms with Crippen molar-refractivity contribution in [2.75, 3.05) is 19.7 Å². The molecule has 2 N–H and O–H groups in total. The fourth-order valence-electron chi connectivity index (χ4n) is 2.59. The molecule has 0 radical (unpaired) electrons. The average molecular weight is 341 g/mol. The molecule has 1 aromatic heterocycles. The van der Waals surface area contributed by atoms with Gasteiger partial charge in [0.2, 0.25) is 11.8 Å². The van der Waals surface area contributed by atoms with Crippen LogP contribution in [-0.4, -0.2) is 41.4 Å². The summed E-state index contributed by atoms with van der Waals surface area (Å²) < 4.78 is 11.1. The zero-order valence-electron chi connectivity index (χ0n) is 13.6. The molecular weight excluding hydrogens is 322 g/mol. The van der Waals surface area contributed by atoms with E-state index in [9.17, 15) is 9.59 Å². The number of rotatable bonds is 6. The Morgan fingerprint density at radius 2 is 1.92 bits per heavy atom. The Morgan fingerprint density at radius 3 is 2.56 bits per heavy atom. The molecule has 25 heavy (non-hydrogen) atoms. The van der Waals surface area contributed by atoms with Gasteiger partial charge in [0.1, 0.15) is 11.5 Å². The van der Waals surface area contributed by atoms with Gasteiger partial charge >= 0.3 is 0 Å². The van der Waals surface area contributed by atoms with Crippen molar-refractivity contribution in [1.29, 1.82) is 0 Å². The van der Waals surface area contributed by atoms with Crippen molar-refractivity contribution in [3.8, 4) is 17.4 Å². The van der Waals surface area contributed by atoms with E-state index < -0.39 is 0 Å². The second kappa shape index (κ2) is 7.65. The fraction of sp³-hybridized carbons (Fsp3) is 0.278. The predicted molar refractivity (Wildman–Crippen MR) is 90.1 cm³/mol. The number of ether oxygens (including phenoxy) is 2. The van der Waals surface area contributed by atoms with Crippen molar-refractivity contribution < 1.29 is 19.1 Å². The van der Waals surface area contributed by atoms with Gasteiger partial charge in [-0.15, -0.1) is 0 Å². The summed E-state index contributed by atoms with van der Waals surface area (Å²) in [5.41, 5.74) is 5.27. The third kappa shape index (κ3) is 4.47. The molecule has 1 fully saturated rings. The first-order valence-corrected chi connectivity index (χ1v) is 8.00. The van der Waals surface area contributed by atoms with E-state index in [-0.39, 0.29) is 24.3 Å². The van der Waals surface area contributed by atoms with Crippen LogP contribution in [0.25, 0.3) is 0 Å². The van der Waals surface area contributed by atoms with Crippen molar-refractivity contribution in [3.05, 3.63) is 48.7 Å². The van der Waals surface area contributed by atoms with Gasteiger partial charge in [0.15, 0.2) is 6.61 Å². The number of hydrogen-bond donors (Lipinski definition) is 1. The van der Waals surface area contributed by atoms with Crippen molar-refractivity contribution in [3.63, 3.8) is 0 Å². The van der Waals surface area contributed by atoms with Crippen LogP contribution < -0.4 is 15.2 Å². The van der Waals surface area contributed by atoms with Crippen LogP contribution in [0.5, 0.6) is 17.4 Å². The van der Waals surface area contributed by atoms with Crippen molar-refractivity contribution in [1.82, 2.24) is 9.88 Å². The van der Waals surface area contributed by atoms with E-state index in [1.54, 1.807) is 41.4 Å². The van der Waals surface area contributed by atoms with Crippen LogP contribution in [0.1, 0.15) is 6.42 Å². The highest BCUT2D eigenvalue weighted by atomic mass is 16.5. The number of carbonyl (C=O) groups excluding carboxylic acids is 2. The van der Waals surface area contributed by atoms with Gasteiger partial charge in [-0.2, -0.15) is 0 Å². The molecule has 2 aromatic rings. The number of primary amides is 1. The van der Waals surface area contributed by atoms with Gasteiger partial charge in [-0.25, -0.2) is 4.98 Å². The third-order valence-corrected chi connectivity index (χ3v) is 3.99. The van der Waals surface area contributed by atoms with E-state index in [2.05, 4.69) is 4.98 Å². The van der Waals surface area contributed by atoms with Crippen LogP contribution in [0.15, 0.2) is 48.7 Å². The fourth-order valence-corrected chi connectivity index (χ4v) is 2.59. The van der Waals surface area contributed by atoms with Crippen LogP contribution in [0.3, 0.4) is 0 Å². The molecule has 0 bridgehead atoms. The van der Waals surface area contributed by atoms with Gasteiger partial charge in [0, 0.05) is 25.4 Å². The minimum Gasteiger partial charge on any atom is -0.484 e. The predicted octanol–water partition coefficient (Wildman–Crippen LogP) is 1.59. The second-order valence-corrected chi connectivity index (χ2v) is 5.76. The molecule has 0 saturated carbocycles. The molecule has 0 spiro atoms. The highest BCUT2D eigenvalue weighted by Crippen LogP contribution is 2.22. The lowest BCUT2D eigenvalue weighted by molar-refractivity contribution is -0.132. The number of nitrogens with zero attached hydrogens (tertiary/aromatic N) is 2. The summed E-state index contributed by atoms with van der Waals surface area (Å²) in [6.45, 7) is 0.826. The first-order chi connectivity index (χ1) is 12.1. The molecule has 2 heterocycles.